The van der Waals surface area contributed by atoms with E-state index in [4.69, 9.17) is 19.5 Å². The van der Waals surface area contributed by atoms with E-state index in [1.54, 1.807) is 0 Å². The number of hydrogen-bond donors (Lipinski definition) is 0. The van der Waals surface area contributed by atoms with Crippen molar-refractivity contribution in [3.8, 4) is 12.1 Å². The molecule has 1 saturated carbocycles. The highest BCUT2D eigenvalue weighted by molar-refractivity contribution is 5.17. The molecule has 130 valence electrons. The fraction of sp³-hybridized carbons (Fsp3) is 0.895. The molecule has 0 bridgehead atoms. The van der Waals surface area contributed by atoms with Crippen molar-refractivity contribution in [3.63, 3.8) is 0 Å². The second kappa shape index (κ2) is 5.18. The first-order valence-electron chi connectivity index (χ1n) is 9.15. The van der Waals surface area contributed by atoms with Gasteiger partial charge in [0.1, 0.15) is 0 Å². The van der Waals surface area contributed by atoms with Crippen LogP contribution in [0.2, 0.25) is 0 Å². The van der Waals surface area contributed by atoms with E-state index in [0.717, 1.165) is 25.7 Å². The molecule has 5 nitrogen and oxygen atoms in total. The van der Waals surface area contributed by atoms with Crippen LogP contribution in [-0.2, 0) is 14.2 Å². The van der Waals surface area contributed by atoms with Gasteiger partial charge in [-0.3, -0.25) is 0 Å². The Kier molecular flexibility index (Phi) is 3.52. The van der Waals surface area contributed by atoms with Crippen molar-refractivity contribution in [1.82, 2.24) is 0 Å². The van der Waals surface area contributed by atoms with Crippen LogP contribution in [-0.4, -0.2) is 35.1 Å². The highest BCUT2D eigenvalue weighted by atomic mass is 16.6. The maximum Gasteiger partial charge on any atom is 0.0962 e. The van der Waals surface area contributed by atoms with Crippen LogP contribution in [0.15, 0.2) is 0 Å². The lowest BCUT2D eigenvalue weighted by Crippen LogP contribution is -2.31. The van der Waals surface area contributed by atoms with Crippen LogP contribution >= 0.6 is 0 Å². The molecular weight excluding hydrogens is 304 g/mol. The average Bonchev–Trinajstić information content (AvgIpc) is 3.46. The number of rotatable bonds is 6. The molecule has 1 aliphatic carbocycles. The van der Waals surface area contributed by atoms with Gasteiger partial charge >= 0.3 is 0 Å². The Hall–Kier alpha value is -1.14. The first-order valence-corrected chi connectivity index (χ1v) is 9.15. The Morgan fingerprint density at radius 1 is 0.917 bits per heavy atom. The second-order valence-corrected chi connectivity index (χ2v) is 8.79. The van der Waals surface area contributed by atoms with E-state index in [9.17, 15) is 5.26 Å². The van der Waals surface area contributed by atoms with Crippen LogP contribution in [0, 0.1) is 34.5 Å². The van der Waals surface area contributed by atoms with Gasteiger partial charge in [0.25, 0.3) is 0 Å². The third-order valence-corrected chi connectivity index (χ3v) is 6.69. The number of nitrogens with zero attached hydrogens (tertiary/aromatic N) is 2. The predicted octanol–water partition coefficient (Wildman–Crippen LogP) is 3.09. The van der Waals surface area contributed by atoms with Crippen LogP contribution in [0.25, 0.3) is 0 Å². The third kappa shape index (κ3) is 2.73. The largest absolute Gasteiger partial charge is 0.367 e. The SMILES string of the molecule is CC1(C)OC1CCC1(C)OC1CCC12CC(C#N)C(C#N)CC1O2. The molecule has 3 heterocycles. The number of fused-ring (bicyclic) bond motifs is 1. The molecule has 0 aromatic heterocycles. The standard InChI is InChI=1S/C19H26N2O3/c1-17(2)14(22-17)4-6-18(3)15(23-18)5-7-19-9-13(11-21)12(10-20)8-16(19)24-19/h12-16H,4-9H2,1-3H3. The topological polar surface area (TPSA) is 85.2 Å². The van der Waals surface area contributed by atoms with Crippen LogP contribution < -0.4 is 0 Å². The smallest absolute Gasteiger partial charge is 0.0962 e. The molecule has 3 saturated heterocycles. The number of hydrogen-bond acceptors (Lipinski definition) is 5. The van der Waals surface area contributed by atoms with Gasteiger partial charge in [0.15, 0.2) is 0 Å². The molecule has 7 unspecified atom stereocenters. The normalized spacial score (nSPS) is 50.3. The Bertz CT molecular complexity index is 621. The Labute approximate surface area is 143 Å². The molecule has 0 radical (unpaired) electrons. The molecular formula is C19H26N2O3. The zero-order valence-electron chi connectivity index (χ0n) is 14.7. The molecule has 4 rings (SSSR count). The van der Waals surface area contributed by atoms with Gasteiger partial charge in [0, 0.05) is 0 Å². The zero-order valence-corrected chi connectivity index (χ0v) is 14.7. The summed E-state index contributed by atoms with van der Waals surface area (Å²) in [4.78, 5) is 0. The molecule has 0 N–H and O–H groups in total. The van der Waals surface area contributed by atoms with Crippen molar-refractivity contribution in [1.29, 1.82) is 10.5 Å². The molecule has 3 aliphatic heterocycles. The lowest BCUT2D eigenvalue weighted by molar-refractivity contribution is 0.234. The maximum atomic E-state index is 9.29. The fourth-order valence-electron chi connectivity index (χ4n) is 4.61. The van der Waals surface area contributed by atoms with Crippen LogP contribution in [0.3, 0.4) is 0 Å². The Morgan fingerprint density at radius 3 is 2.21 bits per heavy atom. The third-order valence-electron chi connectivity index (χ3n) is 6.69. The molecule has 4 aliphatic rings. The van der Waals surface area contributed by atoms with Gasteiger partial charge in [-0.2, -0.15) is 10.5 Å². The number of nitriles is 2. The molecule has 0 aromatic rings. The summed E-state index contributed by atoms with van der Waals surface area (Å²) in [5, 5.41) is 18.5. The Morgan fingerprint density at radius 2 is 1.58 bits per heavy atom. The lowest BCUT2D eigenvalue weighted by Gasteiger charge is -2.24. The quantitative estimate of drug-likeness (QED) is 0.699. The number of ether oxygens (including phenoxy) is 3. The van der Waals surface area contributed by atoms with E-state index < -0.39 is 0 Å². The van der Waals surface area contributed by atoms with Crippen molar-refractivity contribution in [2.75, 3.05) is 0 Å². The number of epoxide rings is 3. The van der Waals surface area contributed by atoms with Gasteiger partial charge in [0.05, 0.1) is 59.1 Å². The van der Waals surface area contributed by atoms with Gasteiger partial charge in [-0.15, -0.1) is 0 Å². The van der Waals surface area contributed by atoms with Crippen molar-refractivity contribution in [2.24, 2.45) is 11.8 Å². The molecule has 7 atom stereocenters. The Balaban J connectivity index is 1.24. The van der Waals surface area contributed by atoms with E-state index in [0.29, 0.717) is 25.0 Å². The summed E-state index contributed by atoms with van der Waals surface area (Å²) in [6.45, 7) is 6.47. The van der Waals surface area contributed by atoms with E-state index >= 15 is 0 Å². The zero-order chi connectivity index (χ0) is 17.2. The highest BCUT2D eigenvalue weighted by Gasteiger charge is 2.63. The highest BCUT2D eigenvalue weighted by Crippen LogP contribution is 2.56. The minimum atomic E-state index is -0.186. The van der Waals surface area contributed by atoms with Crippen molar-refractivity contribution >= 4 is 0 Å². The summed E-state index contributed by atoms with van der Waals surface area (Å²) in [6.07, 6.45) is 6.31. The van der Waals surface area contributed by atoms with Gasteiger partial charge in [0.2, 0.25) is 0 Å². The van der Waals surface area contributed by atoms with Gasteiger partial charge in [-0.1, -0.05) is 0 Å². The summed E-state index contributed by atoms with van der Waals surface area (Å²) in [5.41, 5.74) is -0.107. The minimum absolute atomic E-state index is 0.0124. The van der Waals surface area contributed by atoms with Gasteiger partial charge in [-0.25, -0.2) is 0 Å². The van der Waals surface area contributed by atoms with Gasteiger partial charge in [-0.05, 0) is 59.3 Å². The lowest BCUT2D eigenvalue weighted by atomic mass is 9.73. The average molecular weight is 330 g/mol. The van der Waals surface area contributed by atoms with E-state index in [1.807, 2.05) is 0 Å². The van der Waals surface area contributed by atoms with E-state index in [1.165, 1.54) is 0 Å². The summed E-state index contributed by atoms with van der Waals surface area (Å²) in [6, 6.07) is 4.58. The summed E-state index contributed by atoms with van der Waals surface area (Å²) < 4.78 is 17.6. The second-order valence-electron chi connectivity index (χ2n) is 8.79. The summed E-state index contributed by atoms with van der Waals surface area (Å²) in [7, 11) is 0. The first-order chi connectivity index (χ1) is 11.3. The molecule has 0 aromatic carbocycles. The van der Waals surface area contributed by atoms with Crippen molar-refractivity contribution in [3.05, 3.63) is 0 Å². The van der Waals surface area contributed by atoms with Crippen molar-refractivity contribution < 1.29 is 14.2 Å². The maximum absolute atomic E-state index is 9.29. The monoisotopic (exact) mass is 330 g/mol. The summed E-state index contributed by atoms with van der Waals surface area (Å²) >= 11 is 0. The molecule has 0 spiro atoms. The van der Waals surface area contributed by atoms with Crippen LogP contribution in [0.5, 0.6) is 0 Å². The van der Waals surface area contributed by atoms with Gasteiger partial charge < -0.3 is 14.2 Å². The fourth-order valence-corrected chi connectivity index (χ4v) is 4.61. The molecule has 0 amide bonds. The molecule has 5 heteroatoms. The first kappa shape index (κ1) is 16.3. The molecule has 4 fully saturated rings. The van der Waals surface area contributed by atoms with E-state index in [-0.39, 0.29) is 34.7 Å². The molecule has 24 heavy (non-hydrogen) atoms. The predicted molar refractivity (Wildman–Crippen MR) is 85.7 cm³/mol. The van der Waals surface area contributed by atoms with Crippen LogP contribution in [0.1, 0.15) is 59.3 Å². The van der Waals surface area contributed by atoms with Crippen molar-refractivity contribution in [2.45, 2.75) is 94.4 Å². The minimum Gasteiger partial charge on any atom is -0.367 e. The van der Waals surface area contributed by atoms with E-state index in [2.05, 4.69) is 32.9 Å². The van der Waals surface area contributed by atoms with Crippen LogP contribution in [0.4, 0.5) is 0 Å². The summed E-state index contributed by atoms with van der Waals surface area (Å²) in [5.74, 6) is -0.352.